The Morgan fingerprint density at radius 2 is 0.897 bits per heavy atom. The Kier molecular flexibility index (Phi) is 7.89. The zero-order chi connectivity index (χ0) is 20.1. The number of piperazine rings is 2. The molecule has 29 heavy (non-hydrogen) atoms. The molecule has 0 N–H and O–H groups in total. The zero-order valence-corrected chi connectivity index (χ0v) is 19.1. The second-order valence-electron chi connectivity index (χ2n) is 9.78. The molecule has 0 radical (unpaired) electrons. The zero-order valence-electron chi connectivity index (χ0n) is 18.3. The Bertz CT molecular complexity index is 540. The molecular weight excluding hydrogens is 384 g/mol. The summed E-state index contributed by atoms with van der Waals surface area (Å²) in [7, 11) is -2.95. The van der Waals surface area contributed by atoms with Gasteiger partial charge in [0.15, 0.2) is 9.84 Å². The van der Waals surface area contributed by atoms with Crippen molar-refractivity contribution in [3.63, 3.8) is 0 Å². The minimum Gasteiger partial charge on any atom is -0.300 e. The van der Waals surface area contributed by atoms with E-state index in [0.717, 1.165) is 77.5 Å². The average Bonchev–Trinajstić information content (AvgIpc) is 3.46. The summed E-state index contributed by atoms with van der Waals surface area (Å²) in [5, 5.41) is 0. The molecule has 0 amide bonds. The van der Waals surface area contributed by atoms with Gasteiger partial charge in [0.05, 0.1) is 11.5 Å². The number of hydrogen-bond acceptors (Lipinski definition) is 6. The van der Waals surface area contributed by atoms with Crippen LogP contribution in [0.5, 0.6) is 0 Å². The fourth-order valence-corrected chi connectivity index (χ4v) is 7.16. The topological polar surface area (TPSA) is 47.1 Å². The summed E-state index contributed by atoms with van der Waals surface area (Å²) < 4.78 is 25.2. The predicted molar refractivity (Wildman–Crippen MR) is 119 cm³/mol. The maximum Gasteiger partial charge on any atom is 0.152 e. The number of rotatable bonds is 8. The van der Waals surface area contributed by atoms with Gasteiger partial charge in [0, 0.05) is 77.5 Å². The van der Waals surface area contributed by atoms with Crippen LogP contribution in [0.4, 0.5) is 0 Å². The van der Waals surface area contributed by atoms with Crippen LogP contribution in [0.25, 0.3) is 0 Å². The molecule has 2 saturated heterocycles. The Balaban J connectivity index is 1.10. The summed E-state index contributed by atoms with van der Waals surface area (Å²) in [5.41, 5.74) is 0. The van der Waals surface area contributed by atoms with E-state index in [9.17, 15) is 8.42 Å². The van der Waals surface area contributed by atoms with Gasteiger partial charge >= 0.3 is 0 Å². The molecule has 6 nitrogen and oxygen atoms in total. The summed E-state index contributed by atoms with van der Waals surface area (Å²) in [6.45, 7) is 10.1. The summed E-state index contributed by atoms with van der Waals surface area (Å²) >= 11 is 0. The molecule has 2 heterocycles. The second-order valence-corrected chi connectivity index (χ2v) is 12.1. The molecule has 0 aromatic carbocycles. The van der Waals surface area contributed by atoms with Crippen molar-refractivity contribution >= 4 is 9.84 Å². The van der Waals surface area contributed by atoms with E-state index in [1.165, 1.54) is 51.4 Å². The van der Waals surface area contributed by atoms with E-state index in [2.05, 4.69) is 19.6 Å². The summed E-state index contributed by atoms with van der Waals surface area (Å²) in [4.78, 5) is 10.0. The van der Waals surface area contributed by atoms with Crippen LogP contribution in [0, 0.1) is 0 Å². The molecule has 0 bridgehead atoms. The first-order valence-electron chi connectivity index (χ1n) is 12.2. The van der Waals surface area contributed by atoms with Crippen molar-refractivity contribution < 1.29 is 8.42 Å². The first kappa shape index (κ1) is 22.0. The van der Waals surface area contributed by atoms with Crippen molar-refractivity contribution in [1.29, 1.82) is 0 Å². The van der Waals surface area contributed by atoms with Gasteiger partial charge in [-0.25, -0.2) is 8.42 Å². The highest BCUT2D eigenvalue weighted by Crippen LogP contribution is 2.25. The number of hydrogen-bond donors (Lipinski definition) is 0. The maximum absolute atomic E-state index is 12.6. The molecule has 0 aromatic heterocycles. The lowest BCUT2D eigenvalue weighted by molar-refractivity contribution is 0.101. The van der Waals surface area contributed by atoms with Gasteiger partial charge in [-0.1, -0.05) is 25.7 Å². The SMILES string of the molecule is O=S(=O)(CCN1CCN(C2CCCC2)CC1)CCN1CCN(C2CCCC2)CC1. The Hall–Kier alpha value is -0.210. The minimum absolute atomic E-state index is 0.332. The minimum atomic E-state index is -2.95. The van der Waals surface area contributed by atoms with E-state index in [1.54, 1.807) is 0 Å². The van der Waals surface area contributed by atoms with Crippen LogP contribution in [0.15, 0.2) is 0 Å². The first-order chi connectivity index (χ1) is 14.1. The van der Waals surface area contributed by atoms with Gasteiger partial charge in [-0.05, 0) is 25.7 Å². The van der Waals surface area contributed by atoms with Crippen LogP contribution in [0.2, 0.25) is 0 Å². The number of nitrogens with zero attached hydrogens (tertiary/aromatic N) is 4. The molecule has 2 saturated carbocycles. The molecule has 2 aliphatic carbocycles. The van der Waals surface area contributed by atoms with Crippen molar-refractivity contribution in [2.24, 2.45) is 0 Å². The fourth-order valence-electron chi connectivity index (χ4n) is 5.88. The molecule has 168 valence electrons. The van der Waals surface area contributed by atoms with E-state index in [1.807, 2.05) is 0 Å². The normalized spacial score (nSPS) is 27.9. The molecule has 0 unspecified atom stereocenters. The second kappa shape index (κ2) is 10.4. The molecular formula is C22H42N4O2S. The van der Waals surface area contributed by atoms with E-state index in [-0.39, 0.29) is 0 Å². The van der Waals surface area contributed by atoms with Crippen LogP contribution < -0.4 is 0 Å². The summed E-state index contributed by atoms with van der Waals surface area (Å²) in [6, 6.07) is 1.60. The molecule has 4 aliphatic rings. The highest BCUT2D eigenvalue weighted by atomic mass is 32.2. The van der Waals surface area contributed by atoms with Crippen molar-refractivity contribution in [2.75, 3.05) is 77.0 Å². The van der Waals surface area contributed by atoms with Gasteiger partial charge in [-0.3, -0.25) is 19.6 Å². The van der Waals surface area contributed by atoms with Gasteiger partial charge < -0.3 is 0 Å². The van der Waals surface area contributed by atoms with Crippen molar-refractivity contribution in [3.8, 4) is 0 Å². The molecule has 7 heteroatoms. The van der Waals surface area contributed by atoms with Gasteiger partial charge in [-0.15, -0.1) is 0 Å². The quantitative estimate of drug-likeness (QED) is 0.587. The van der Waals surface area contributed by atoms with Gasteiger partial charge in [0.25, 0.3) is 0 Å². The lowest BCUT2D eigenvalue weighted by Gasteiger charge is -2.38. The van der Waals surface area contributed by atoms with Crippen LogP contribution in [-0.4, -0.2) is 117 Å². The Labute approximate surface area is 178 Å². The average molecular weight is 427 g/mol. The third-order valence-electron chi connectivity index (χ3n) is 7.93. The van der Waals surface area contributed by atoms with Crippen LogP contribution in [0.3, 0.4) is 0 Å². The summed E-state index contributed by atoms with van der Waals surface area (Å²) in [5.74, 6) is 0.664. The number of sulfone groups is 1. The van der Waals surface area contributed by atoms with E-state index >= 15 is 0 Å². The van der Waals surface area contributed by atoms with Crippen molar-refractivity contribution in [2.45, 2.75) is 63.5 Å². The standard InChI is InChI=1S/C22H42N4O2S/c27-29(28,19-17-23-9-13-25(14-10-23)21-5-1-2-6-21)20-18-24-11-15-26(16-12-24)22-7-3-4-8-22/h21-22H,1-20H2. The molecule has 4 fully saturated rings. The molecule has 2 aliphatic heterocycles. The first-order valence-corrected chi connectivity index (χ1v) is 14.0. The molecule has 0 atom stereocenters. The van der Waals surface area contributed by atoms with E-state index < -0.39 is 9.84 Å². The van der Waals surface area contributed by atoms with Crippen LogP contribution >= 0.6 is 0 Å². The fraction of sp³-hybridized carbons (Fsp3) is 1.00. The highest BCUT2D eigenvalue weighted by molar-refractivity contribution is 7.91. The van der Waals surface area contributed by atoms with E-state index in [0.29, 0.717) is 11.5 Å². The molecule has 0 spiro atoms. The Morgan fingerprint density at radius 1 is 0.552 bits per heavy atom. The van der Waals surface area contributed by atoms with Crippen LogP contribution in [-0.2, 0) is 9.84 Å². The molecule has 4 rings (SSSR count). The highest BCUT2D eigenvalue weighted by Gasteiger charge is 2.28. The largest absolute Gasteiger partial charge is 0.300 e. The summed E-state index contributed by atoms with van der Waals surface area (Å²) in [6.07, 6.45) is 11.0. The lowest BCUT2D eigenvalue weighted by Crippen LogP contribution is -2.51. The van der Waals surface area contributed by atoms with E-state index in [4.69, 9.17) is 0 Å². The van der Waals surface area contributed by atoms with Gasteiger partial charge in [0.2, 0.25) is 0 Å². The molecule has 0 aromatic rings. The van der Waals surface area contributed by atoms with Crippen molar-refractivity contribution in [1.82, 2.24) is 19.6 Å². The third kappa shape index (κ3) is 6.39. The predicted octanol–water partition coefficient (Wildman–Crippen LogP) is 1.52. The Morgan fingerprint density at radius 3 is 1.24 bits per heavy atom. The van der Waals surface area contributed by atoms with Crippen LogP contribution in [0.1, 0.15) is 51.4 Å². The third-order valence-corrected chi connectivity index (χ3v) is 9.54. The van der Waals surface area contributed by atoms with Crippen molar-refractivity contribution in [3.05, 3.63) is 0 Å². The van der Waals surface area contributed by atoms with Gasteiger partial charge in [-0.2, -0.15) is 0 Å². The smallest absolute Gasteiger partial charge is 0.152 e. The van der Waals surface area contributed by atoms with Gasteiger partial charge in [0.1, 0.15) is 0 Å². The lowest BCUT2D eigenvalue weighted by atomic mass is 10.2. The monoisotopic (exact) mass is 426 g/mol. The maximum atomic E-state index is 12.6.